The number of aldehydes is 1. The van der Waals surface area contributed by atoms with Crippen molar-refractivity contribution in [3.05, 3.63) is 23.5 Å². The van der Waals surface area contributed by atoms with Crippen LogP contribution >= 0.6 is 0 Å². The number of hydrogen-bond donors (Lipinski definition) is 2. The standard InChI is InChI=1S/C7H5BN2O3/c9-3-7-6(8(12)13)2-1-5(4-11)10-7/h1-2,4,12-13H. The summed E-state index contributed by atoms with van der Waals surface area (Å²) in [5.41, 5.74) is -0.0753. The monoisotopic (exact) mass is 176 g/mol. The molecule has 0 aliphatic carbocycles. The molecule has 1 rings (SSSR count). The van der Waals surface area contributed by atoms with Gasteiger partial charge in [-0.3, -0.25) is 4.79 Å². The van der Waals surface area contributed by atoms with E-state index >= 15 is 0 Å². The largest absolute Gasteiger partial charge is 0.491 e. The van der Waals surface area contributed by atoms with Crippen molar-refractivity contribution in [3.8, 4) is 6.07 Å². The van der Waals surface area contributed by atoms with E-state index in [4.69, 9.17) is 15.3 Å². The highest BCUT2D eigenvalue weighted by Gasteiger charge is 2.17. The van der Waals surface area contributed by atoms with Crippen molar-refractivity contribution < 1.29 is 14.8 Å². The lowest BCUT2D eigenvalue weighted by atomic mass is 9.79. The van der Waals surface area contributed by atoms with Gasteiger partial charge < -0.3 is 10.0 Å². The molecule has 0 saturated carbocycles. The van der Waals surface area contributed by atoms with E-state index < -0.39 is 7.12 Å². The van der Waals surface area contributed by atoms with Gasteiger partial charge in [0.2, 0.25) is 0 Å². The number of aromatic nitrogens is 1. The van der Waals surface area contributed by atoms with Gasteiger partial charge in [-0.05, 0) is 6.07 Å². The Morgan fingerprint density at radius 1 is 1.54 bits per heavy atom. The number of carbonyl (C=O) groups is 1. The van der Waals surface area contributed by atoms with Gasteiger partial charge in [0.25, 0.3) is 0 Å². The summed E-state index contributed by atoms with van der Waals surface area (Å²) in [5, 5.41) is 26.1. The average Bonchev–Trinajstić information content (AvgIpc) is 2.16. The molecule has 0 bridgehead atoms. The lowest BCUT2D eigenvalue weighted by Crippen LogP contribution is -2.33. The fourth-order valence-electron chi connectivity index (χ4n) is 0.849. The number of rotatable bonds is 2. The van der Waals surface area contributed by atoms with Crippen LogP contribution in [-0.4, -0.2) is 28.4 Å². The Morgan fingerprint density at radius 2 is 2.23 bits per heavy atom. The molecule has 2 N–H and O–H groups in total. The summed E-state index contributed by atoms with van der Waals surface area (Å²) in [7, 11) is -1.75. The second kappa shape index (κ2) is 3.80. The molecule has 0 amide bonds. The molecule has 0 radical (unpaired) electrons. The molecule has 0 aliphatic rings. The fourth-order valence-corrected chi connectivity index (χ4v) is 0.849. The Hall–Kier alpha value is -1.71. The zero-order valence-corrected chi connectivity index (χ0v) is 6.51. The van der Waals surface area contributed by atoms with Crippen LogP contribution in [0.5, 0.6) is 0 Å². The Bertz CT molecular complexity index is 372. The smallest absolute Gasteiger partial charge is 0.423 e. The van der Waals surface area contributed by atoms with E-state index in [1.807, 2.05) is 0 Å². The van der Waals surface area contributed by atoms with Gasteiger partial charge in [0.15, 0.2) is 6.29 Å². The number of carbonyl (C=O) groups excluding carboxylic acids is 1. The zero-order valence-electron chi connectivity index (χ0n) is 6.51. The maximum absolute atomic E-state index is 10.3. The normalized spacial score (nSPS) is 9.00. The Morgan fingerprint density at radius 3 is 2.69 bits per heavy atom. The highest BCUT2D eigenvalue weighted by molar-refractivity contribution is 6.59. The molecule has 0 unspecified atom stereocenters. The average molecular weight is 176 g/mol. The maximum Gasteiger partial charge on any atom is 0.491 e. The molecule has 0 atom stereocenters. The maximum atomic E-state index is 10.3. The molecule has 1 aromatic rings. The van der Waals surface area contributed by atoms with E-state index in [1.54, 1.807) is 6.07 Å². The van der Waals surface area contributed by atoms with Gasteiger partial charge >= 0.3 is 7.12 Å². The number of nitriles is 1. The summed E-state index contributed by atoms with van der Waals surface area (Å²) in [6, 6.07) is 4.25. The third kappa shape index (κ3) is 1.90. The molecule has 64 valence electrons. The van der Waals surface area contributed by atoms with Gasteiger partial charge in [-0.15, -0.1) is 0 Å². The van der Waals surface area contributed by atoms with Crippen molar-refractivity contribution in [2.45, 2.75) is 0 Å². The van der Waals surface area contributed by atoms with Crippen molar-refractivity contribution >= 4 is 18.9 Å². The Balaban J connectivity index is 3.25. The summed E-state index contributed by atoms with van der Waals surface area (Å²) < 4.78 is 0. The van der Waals surface area contributed by atoms with E-state index in [2.05, 4.69) is 4.98 Å². The zero-order chi connectivity index (χ0) is 9.84. The van der Waals surface area contributed by atoms with Crippen molar-refractivity contribution in [1.82, 2.24) is 4.98 Å². The van der Waals surface area contributed by atoms with Crippen molar-refractivity contribution in [1.29, 1.82) is 5.26 Å². The summed E-state index contributed by atoms with van der Waals surface area (Å²) in [6.07, 6.45) is 0.481. The van der Waals surface area contributed by atoms with E-state index in [9.17, 15) is 4.79 Å². The molecular formula is C7H5BN2O3. The van der Waals surface area contributed by atoms with Crippen LogP contribution in [-0.2, 0) is 0 Å². The van der Waals surface area contributed by atoms with Crippen molar-refractivity contribution in [2.75, 3.05) is 0 Å². The van der Waals surface area contributed by atoms with Crippen LogP contribution in [0, 0.1) is 11.3 Å². The first-order valence-electron chi connectivity index (χ1n) is 3.41. The highest BCUT2D eigenvalue weighted by atomic mass is 16.4. The van der Waals surface area contributed by atoms with Crippen LogP contribution in [0.4, 0.5) is 0 Å². The van der Waals surface area contributed by atoms with E-state index in [0.717, 1.165) is 0 Å². The second-order valence-electron chi connectivity index (χ2n) is 2.28. The van der Waals surface area contributed by atoms with Crippen LogP contribution in [0.3, 0.4) is 0 Å². The first kappa shape index (κ1) is 9.38. The third-order valence-corrected chi connectivity index (χ3v) is 1.45. The first-order valence-corrected chi connectivity index (χ1v) is 3.41. The second-order valence-corrected chi connectivity index (χ2v) is 2.28. The highest BCUT2D eigenvalue weighted by Crippen LogP contribution is 1.94. The van der Waals surface area contributed by atoms with Gasteiger partial charge in [0, 0.05) is 5.46 Å². The third-order valence-electron chi connectivity index (χ3n) is 1.45. The Labute approximate surface area is 74.4 Å². The van der Waals surface area contributed by atoms with Crippen molar-refractivity contribution in [2.24, 2.45) is 0 Å². The molecular weight excluding hydrogens is 171 g/mol. The van der Waals surface area contributed by atoms with E-state index in [0.29, 0.717) is 6.29 Å². The van der Waals surface area contributed by atoms with Gasteiger partial charge in [-0.25, -0.2) is 4.98 Å². The minimum atomic E-state index is -1.75. The number of nitrogens with zero attached hydrogens (tertiary/aromatic N) is 2. The van der Waals surface area contributed by atoms with E-state index in [1.165, 1.54) is 12.1 Å². The summed E-state index contributed by atoms with van der Waals surface area (Å²) in [4.78, 5) is 13.8. The van der Waals surface area contributed by atoms with E-state index in [-0.39, 0.29) is 16.9 Å². The van der Waals surface area contributed by atoms with Crippen LogP contribution < -0.4 is 5.46 Å². The molecule has 5 nitrogen and oxygen atoms in total. The van der Waals surface area contributed by atoms with Gasteiger partial charge in [0.05, 0.1) is 0 Å². The minimum absolute atomic E-state index is 0.00639. The van der Waals surface area contributed by atoms with Crippen LogP contribution in [0.15, 0.2) is 12.1 Å². The molecule has 0 spiro atoms. The lowest BCUT2D eigenvalue weighted by molar-refractivity contribution is 0.111. The van der Waals surface area contributed by atoms with Crippen molar-refractivity contribution in [3.63, 3.8) is 0 Å². The molecule has 0 saturated heterocycles. The summed E-state index contributed by atoms with van der Waals surface area (Å²) in [6.45, 7) is 0. The molecule has 6 heteroatoms. The molecule has 0 aromatic carbocycles. The van der Waals surface area contributed by atoms with Crippen LogP contribution in [0.2, 0.25) is 0 Å². The predicted molar refractivity (Wildman–Crippen MR) is 44.2 cm³/mol. The van der Waals surface area contributed by atoms with Gasteiger partial charge in [-0.1, -0.05) is 6.07 Å². The minimum Gasteiger partial charge on any atom is -0.423 e. The van der Waals surface area contributed by atoms with Gasteiger partial charge in [0.1, 0.15) is 17.5 Å². The molecule has 13 heavy (non-hydrogen) atoms. The molecule has 0 aliphatic heterocycles. The number of pyridine rings is 1. The first-order chi connectivity index (χ1) is 6.19. The van der Waals surface area contributed by atoms with Gasteiger partial charge in [-0.2, -0.15) is 5.26 Å². The quantitative estimate of drug-likeness (QED) is 0.420. The summed E-state index contributed by atoms with van der Waals surface area (Å²) >= 11 is 0. The topological polar surface area (TPSA) is 94.2 Å². The fraction of sp³-hybridized carbons (Fsp3) is 0. The molecule has 1 heterocycles. The predicted octanol–water partition coefficient (Wildman–Crippen LogP) is -1.55. The number of hydrogen-bond acceptors (Lipinski definition) is 5. The Kier molecular flexibility index (Phi) is 2.74. The molecule has 1 aromatic heterocycles. The van der Waals surface area contributed by atoms with Crippen LogP contribution in [0.25, 0.3) is 0 Å². The van der Waals surface area contributed by atoms with Crippen LogP contribution in [0.1, 0.15) is 16.2 Å². The molecule has 0 fully saturated rings. The lowest BCUT2D eigenvalue weighted by Gasteiger charge is -2.00. The SMILES string of the molecule is N#Cc1nc(C=O)ccc1B(O)O. The summed E-state index contributed by atoms with van der Waals surface area (Å²) in [5.74, 6) is 0.